The van der Waals surface area contributed by atoms with Crippen molar-refractivity contribution in [2.45, 2.75) is 0 Å². The lowest BCUT2D eigenvalue weighted by Gasteiger charge is -2.08. The Morgan fingerprint density at radius 1 is 1.22 bits per heavy atom. The van der Waals surface area contributed by atoms with Gasteiger partial charge in [-0.05, 0) is 0 Å². The van der Waals surface area contributed by atoms with Crippen molar-refractivity contribution in [2.75, 3.05) is 24.7 Å². The Labute approximate surface area is 57.7 Å². The van der Waals surface area contributed by atoms with E-state index >= 15 is 0 Å². The van der Waals surface area contributed by atoms with Gasteiger partial charge in [-0.25, -0.2) is 4.79 Å². The van der Waals surface area contributed by atoms with Gasteiger partial charge in [-0.1, -0.05) is 0 Å². The lowest BCUT2D eigenvalue weighted by Crippen LogP contribution is -2.15. The van der Waals surface area contributed by atoms with Crippen LogP contribution < -0.4 is 0 Å². The first kappa shape index (κ1) is 6.74. The van der Waals surface area contributed by atoms with Crippen molar-refractivity contribution in [2.24, 2.45) is 0 Å². The molecule has 0 aliphatic carbocycles. The molecule has 0 atom stereocenters. The molecular weight excluding hydrogens is 140 g/mol. The molecule has 0 radical (unpaired) electrons. The first-order valence-corrected chi connectivity index (χ1v) is 3.92. The molecule has 1 rings (SSSR count). The monoisotopic (exact) mass is 148 g/mol. The number of thioether (sulfide) groups is 1. The molecule has 0 unspecified atom stereocenters. The van der Waals surface area contributed by atoms with Gasteiger partial charge in [-0.2, -0.15) is 11.8 Å². The summed E-state index contributed by atoms with van der Waals surface area (Å²) < 4.78 is 9.20. The molecule has 0 aromatic heterocycles. The Hall–Kier alpha value is -0.380. The minimum absolute atomic E-state index is 0.476. The van der Waals surface area contributed by atoms with Gasteiger partial charge in [-0.15, -0.1) is 0 Å². The summed E-state index contributed by atoms with van der Waals surface area (Å²) in [6.45, 7) is 0.951. The molecule has 1 aliphatic rings. The molecule has 0 spiro atoms. The van der Waals surface area contributed by atoms with E-state index in [4.69, 9.17) is 0 Å². The molecule has 0 bridgehead atoms. The maximum atomic E-state index is 10.4. The second-order valence-electron chi connectivity index (χ2n) is 1.56. The molecule has 3 nitrogen and oxygen atoms in total. The van der Waals surface area contributed by atoms with Crippen LogP contribution in [0.1, 0.15) is 0 Å². The third-order valence-corrected chi connectivity index (χ3v) is 1.81. The lowest BCUT2D eigenvalue weighted by molar-refractivity contribution is 0.0628. The summed E-state index contributed by atoms with van der Waals surface area (Å²) in [6, 6.07) is 0. The van der Waals surface area contributed by atoms with Crippen molar-refractivity contribution in [3.8, 4) is 0 Å². The summed E-state index contributed by atoms with van der Waals surface area (Å²) in [4.78, 5) is 10.4. The fourth-order valence-corrected chi connectivity index (χ4v) is 1.12. The predicted molar refractivity (Wildman–Crippen MR) is 34.6 cm³/mol. The lowest BCUT2D eigenvalue weighted by atomic mass is 10.8. The van der Waals surface area contributed by atoms with Crippen LogP contribution >= 0.6 is 11.8 Å². The third-order valence-electron chi connectivity index (χ3n) is 0.895. The van der Waals surface area contributed by atoms with Crippen LogP contribution in [-0.4, -0.2) is 30.9 Å². The molecule has 1 saturated heterocycles. The van der Waals surface area contributed by atoms with Gasteiger partial charge >= 0.3 is 6.16 Å². The molecule has 9 heavy (non-hydrogen) atoms. The number of hydrogen-bond acceptors (Lipinski definition) is 4. The summed E-state index contributed by atoms with van der Waals surface area (Å²) in [6.07, 6.45) is -0.532. The Balaban J connectivity index is 2.20. The number of ether oxygens (including phenoxy) is 2. The summed E-state index contributed by atoms with van der Waals surface area (Å²) in [5.41, 5.74) is 0. The zero-order valence-corrected chi connectivity index (χ0v) is 5.78. The highest BCUT2D eigenvalue weighted by Crippen LogP contribution is 2.03. The van der Waals surface area contributed by atoms with Gasteiger partial charge < -0.3 is 9.47 Å². The fourth-order valence-electron chi connectivity index (χ4n) is 0.512. The van der Waals surface area contributed by atoms with Gasteiger partial charge in [0, 0.05) is 11.5 Å². The highest BCUT2D eigenvalue weighted by Gasteiger charge is 2.05. The molecule has 52 valence electrons. The Kier molecular flexibility index (Phi) is 2.70. The number of rotatable bonds is 0. The standard InChI is InChI=1S/C5H8O3S/c6-5-7-1-3-9-4-2-8-5/h1-4H2. The first-order valence-electron chi connectivity index (χ1n) is 2.77. The van der Waals surface area contributed by atoms with Gasteiger partial charge in [0.2, 0.25) is 0 Å². The van der Waals surface area contributed by atoms with Crippen LogP contribution in [0.4, 0.5) is 4.79 Å². The summed E-state index contributed by atoms with van der Waals surface area (Å²) >= 11 is 1.73. The Morgan fingerprint density at radius 2 is 1.78 bits per heavy atom. The van der Waals surface area contributed by atoms with Crippen molar-refractivity contribution < 1.29 is 14.3 Å². The normalized spacial score (nSPS) is 21.1. The SMILES string of the molecule is O=C1OCCSCCO1. The van der Waals surface area contributed by atoms with E-state index in [1.807, 2.05) is 0 Å². The van der Waals surface area contributed by atoms with Crippen LogP contribution in [0.25, 0.3) is 0 Å². The predicted octanol–water partition coefficient (Wildman–Crippen LogP) is 0.886. The first-order chi connectivity index (χ1) is 4.39. The molecule has 1 fully saturated rings. The molecule has 0 N–H and O–H groups in total. The van der Waals surface area contributed by atoms with E-state index in [2.05, 4.69) is 9.47 Å². The van der Waals surface area contributed by atoms with Crippen molar-refractivity contribution in [1.29, 1.82) is 0 Å². The van der Waals surface area contributed by atoms with Crippen molar-refractivity contribution in [1.82, 2.24) is 0 Å². The minimum atomic E-state index is -0.532. The Morgan fingerprint density at radius 3 is 2.33 bits per heavy atom. The average molecular weight is 148 g/mol. The van der Waals surface area contributed by atoms with Crippen molar-refractivity contribution in [3.63, 3.8) is 0 Å². The zero-order chi connectivity index (χ0) is 6.53. The minimum Gasteiger partial charge on any atom is -0.433 e. The van der Waals surface area contributed by atoms with E-state index in [1.54, 1.807) is 11.8 Å². The van der Waals surface area contributed by atoms with Crippen LogP contribution in [0.5, 0.6) is 0 Å². The maximum absolute atomic E-state index is 10.4. The summed E-state index contributed by atoms with van der Waals surface area (Å²) in [7, 11) is 0. The quantitative estimate of drug-likeness (QED) is 0.478. The van der Waals surface area contributed by atoms with Gasteiger partial charge in [0.1, 0.15) is 13.2 Å². The van der Waals surface area contributed by atoms with Crippen LogP contribution in [0.3, 0.4) is 0 Å². The van der Waals surface area contributed by atoms with Crippen molar-refractivity contribution in [3.05, 3.63) is 0 Å². The Bertz CT molecular complexity index is 94.4. The number of cyclic esters (lactones) is 2. The summed E-state index contributed by atoms with van der Waals surface area (Å²) in [5, 5.41) is 0. The van der Waals surface area contributed by atoms with Crippen LogP contribution in [0.2, 0.25) is 0 Å². The van der Waals surface area contributed by atoms with E-state index in [0.717, 1.165) is 11.5 Å². The molecular formula is C5H8O3S. The fraction of sp³-hybridized carbons (Fsp3) is 0.800. The second kappa shape index (κ2) is 3.61. The highest BCUT2D eigenvalue weighted by molar-refractivity contribution is 7.99. The van der Waals surface area contributed by atoms with Crippen molar-refractivity contribution >= 4 is 17.9 Å². The van der Waals surface area contributed by atoms with E-state index in [0.29, 0.717) is 13.2 Å². The molecule has 0 amide bonds. The maximum Gasteiger partial charge on any atom is 0.508 e. The highest BCUT2D eigenvalue weighted by atomic mass is 32.2. The largest absolute Gasteiger partial charge is 0.508 e. The third kappa shape index (κ3) is 2.60. The number of carbonyl (C=O) groups excluding carboxylic acids is 1. The number of carbonyl (C=O) groups is 1. The smallest absolute Gasteiger partial charge is 0.433 e. The second-order valence-corrected chi connectivity index (χ2v) is 2.78. The average Bonchev–Trinajstić information content (AvgIpc) is 1.79. The molecule has 1 aliphatic heterocycles. The molecule has 4 heteroatoms. The molecule has 0 aromatic rings. The van der Waals surface area contributed by atoms with E-state index in [-0.39, 0.29) is 0 Å². The van der Waals surface area contributed by atoms with E-state index < -0.39 is 6.16 Å². The van der Waals surface area contributed by atoms with Gasteiger partial charge in [0.05, 0.1) is 0 Å². The van der Waals surface area contributed by atoms with Gasteiger partial charge in [0.15, 0.2) is 0 Å². The number of hydrogen-bond donors (Lipinski definition) is 0. The molecule has 0 saturated carbocycles. The molecule has 1 heterocycles. The summed E-state index contributed by atoms with van der Waals surface area (Å²) in [5.74, 6) is 1.77. The van der Waals surface area contributed by atoms with Crippen LogP contribution in [-0.2, 0) is 9.47 Å². The van der Waals surface area contributed by atoms with Crippen LogP contribution in [0, 0.1) is 0 Å². The molecule has 0 aromatic carbocycles. The van der Waals surface area contributed by atoms with Gasteiger partial charge in [0.25, 0.3) is 0 Å². The van der Waals surface area contributed by atoms with Crippen LogP contribution in [0.15, 0.2) is 0 Å². The van der Waals surface area contributed by atoms with E-state index in [9.17, 15) is 4.79 Å². The topological polar surface area (TPSA) is 35.5 Å². The van der Waals surface area contributed by atoms with E-state index in [1.165, 1.54) is 0 Å². The zero-order valence-electron chi connectivity index (χ0n) is 4.96. The van der Waals surface area contributed by atoms with Gasteiger partial charge in [-0.3, -0.25) is 0 Å².